The SMILES string of the molecule is Cc1ccc(NC(=O)c2ccc(-n3nc(Sc4ccc(Cl)cc4)ccc3=O)cc2)c(C)c1. The van der Waals surface area contributed by atoms with Gasteiger partial charge in [0.15, 0.2) is 0 Å². The number of aromatic nitrogens is 2. The molecular weight excluding hydrogens is 442 g/mol. The zero-order valence-electron chi connectivity index (χ0n) is 17.5. The van der Waals surface area contributed by atoms with Crippen LogP contribution in [-0.2, 0) is 0 Å². The predicted molar refractivity (Wildman–Crippen MR) is 129 cm³/mol. The number of carbonyl (C=O) groups is 1. The van der Waals surface area contributed by atoms with E-state index in [0.29, 0.717) is 21.3 Å². The second kappa shape index (κ2) is 9.42. The highest BCUT2D eigenvalue weighted by atomic mass is 35.5. The summed E-state index contributed by atoms with van der Waals surface area (Å²) in [6, 6.07) is 23.2. The van der Waals surface area contributed by atoms with Crippen molar-refractivity contribution in [3.8, 4) is 5.69 Å². The van der Waals surface area contributed by atoms with Crippen LogP contribution in [-0.4, -0.2) is 15.7 Å². The highest BCUT2D eigenvalue weighted by Gasteiger charge is 2.10. The van der Waals surface area contributed by atoms with Gasteiger partial charge in [0, 0.05) is 27.2 Å². The number of halogens is 1. The van der Waals surface area contributed by atoms with Crippen molar-refractivity contribution < 1.29 is 4.79 Å². The smallest absolute Gasteiger partial charge is 0.271 e. The van der Waals surface area contributed by atoms with E-state index in [0.717, 1.165) is 21.7 Å². The maximum atomic E-state index is 12.6. The van der Waals surface area contributed by atoms with E-state index in [-0.39, 0.29) is 11.5 Å². The third-order valence-electron chi connectivity index (χ3n) is 4.82. The summed E-state index contributed by atoms with van der Waals surface area (Å²) in [4.78, 5) is 26.0. The maximum Gasteiger partial charge on any atom is 0.271 e. The average molecular weight is 462 g/mol. The molecule has 32 heavy (non-hydrogen) atoms. The highest BCUT2D eigenvalue weighted by molar-refractivity contribution is 7.99. The minimum absolute atomic E-state index is 0.212. The Morgan fingerprint density at radius 1 is 0.938 bits per heavy atom. The first-order valence-electron chi connectivity index (χ1n) is 9.92. The van der Waals surface area contributed by atoms with Gasteiger partial charge in [-0.15, -0.1) is 0 Å². The molecule has 0 unspecified atom stereocenters. The van der Waals surface area contributed by atoms with E-state index < -0.39 is 0 Å². The van der Waals surface area contributed by atoms with E-state index in [1.54, 1.807) is 30.3 Å². The lowest BCUT2D eigenvalue weighted by atomic mass is 10.1. The third kappa shape index (κ3) is 5.10. The van der Waals surface area contributed by atoms with E-state index in [1.165, 1.54) is 22.5 Å². The van der Waals surface area contributed by atoms with Crippen molar-refractivity contribution in [3.63, 3.8) is 0 Å². The van der Waals surface area contributed by atoms with Gasteiger partial charge in [0.1, 0.15) is 5.03 Å². The summed E-state index contributed by atoms with van der Waals surface area (Å²) in [5.74, 6) is -0.212. The molecule has 4 aromatic rings. The van der Waals surface area contributed by atoms with Crippen molar-refractivity contribution in [2.45, 2.75) is 23.8 Å². The molecule has 1 amide bonds. The van der Waals surface area contributed by atoms with E-state index in [9.17, 15) is 9.59 Å². The van der Waals surface area contributed by atoms with Gasteiger partial charge in [-0.3, -0.25) is 9.59 Å². The maximum absolute atomic E-state index is 12.6. The Hall–Kier alpha value is -3.35. The number of amides is 1. The first kappa shape index (κ1) is 21.9. The van der Waals surface area contributed by atoms with Gasteiger partial charge < -0.3 is 5.32 Å². The number of hydrogen-bond acceptors (Lipinski definition) is 4. The second-order valence-electron chi connectivity index (χ2n) is 7.30. The summed E-state index contributed by atoms with van der Waals surface area (Å²) in [5.41, 5.74) is 3.73. The Labute approximate surface area is 195 Å². The molecule has 0 aliphatic rings. The molecule has 0 saturated carbocycles. The summed E-state index contributed by atoms with van der Waals surface area (Å²) < 4.78 is 1.32. The molecule has 3 aromatic carbocycles. The van der Waals surface area contributed by atoms with Crippen LogP contribution in [0.1, 0.15) is 21.5 Å². The Bertz CT molecular complexity index is 1330. The van der Waals surface area contributed by atoms with Crippen molar-refractivity contribution in [1.82, 2.24) is 9.78 Å². The molecule has 0 saturated heterocycles. The molecule has 0 aliphatic carbocycles. The van der Waals surface area contributed by atoms with Gasteiger partial charge in [-0.25, -0.2) is 0 Å². The fourth-order valence-electron chi connectivity index (χ4n) is 3.16. The van der Waals surface area contributed by atoms with Crippen LogP contribution >= 0.6 is 23.4 Å². The first-order chi connectivity index (χ1) is 15.4. The van der Waals surface area contributed by atoms with Crippen LogP contribution in [0.5, 0.6) is 0 Å². The number of carbonyl (C=O) groups excluding carboxylic acids is 1. The molecule has 160 valence electrons. The normalized spacial score (nSPS) is 10.7. The molecule has 5 nitrogen and oxygen atoms in total. The number of anilines is 1. The van der Waals surface area contributed by atoms with Crippen LogP contribution in [0.15, 0.2) is 93.6 Å². The number of aryl methyl sites for hydroxylation is 2. The molecule has 0 atom stereocenters. The lowest BCUT2D eigenvalue weighted by molar-refractivity contribution is 0.102. The predicted octanol–water partition coefficient (Wildman–Crippen LogP) is 5.91. The molecule has 0 spiro atoms. The van der Waals surface area contributed by atoms with Crippen molar-refractivity contribution in [2.75, 3.05) is 5.32 Å². The monoisotopic (exact) mass is 461 g/mol. The molecule has 1 heterocycles. The topological polar surface area (TPSA) is 64.0 Å². The molecule has 7 heteroatoms. The van der Waals surface area contributed by atoms with Gasteiger partial charge in [-0.1, -0.05) is 41.1 Å². The Morgan fingerprint density at radius 3 is 2.34 bits per heavy atom. The molecule has 1 N–H and O–H groups in total. The number of hydrogen-bond donors (Lipinski definition) is 1. The van der Waals surface area contributed by atoms with Gasteiger partial charge in [0.05, 0.1) is 5.69 Å². The number of nitrogens with zero attached hydrogens (tertiary/aromatic N) is 2. The quantitative estimate of drug-likeness (QED) is 0.401. The van der Waals surface area contributed by atoms with Gasteiger partial charge >= 0.3 is 0 Å². The summed E-state index contributed by atoms with van der Waals surface area (Å²) in [7, 11) is 0. The van der Waals surface area contributed by atoms with Gasteiger partial charge in [0.2, 0.25) is 0 Å². The third-order valence-corrected chi connectivity index (χ3v) is 6.00. The van der Waals surface area contributed by atoms with Crippen LogP contribution < -0.4 is 10.9 Å². The summed E-state index contributed by atoms with van der Waals surface area (Å²) in [5, 5.41) is 8.72. The van der Waals surface area contributed by atoms with Gasteiger partial charge in [-0.2, -0.15) is 9.78 Å². The van der Waals surface area contributed by atoms with Crippen LogP contribution in [0, 0.1) is 13.8 Å². The Kier molecular flexibility index (Phi) is 6.44. The Morgan fingerprint density at radius 2 is 1.66 bits per heavy atom. The zero-order chi connectivity index (χ0) is 22.7. The number of benzene rings is 3. The summed E-state index contributed by atoms with van der Waals surface area (Å²) in [6.45, 7) is 3.97. The lowest BCUT2D eigenvalue weighted by Gasteiger charge is -2.10. The van der Waals surface area contributed by atoms with E-state index >= 15 is 0 Å². The lowest BCUT2D eigenvalue weighted by Crippen LogP contribution is -2.20. The second-order valence-corrected chi connectivity index (χ2v) is 8.83. The fourth-order valence-corrected chi connectivity index (χ4v) is 4.06. The van der Waals surface area contributed by atoms with Crippen LogP contribution in [0.4, 0.5) is 5.69 Å². The molecule has 0 radical (unpaired) electrons. The minimum Gasteiger partial charge on any atom is -0.322 e. The van der Waals surface area contributed by atoms with E-state index in [1.807, 2.05) is 56.3 Å². The number of nitrogens with one attached hydrogen (secondary N) is 1. The van der Waals surface area contributed by atoms with Gasteiger partial charge in [-0.05, 0) is 80.1 Å². The molecular formula is C25H20ClN3O2S. The van der Waals surface area contributed by atoms with Crippen molar-refractivity contribution in [2.24, 2.45) is 0 Å². The highest BCUT2D eigenvalue weighted by Crippen LogP contribution is 2.26. The van der Waals surface area contributed by atoms with Crippen molar-refractivity contribution in [3.05, 3.63) is 111 Å². The van der Waals surface area contributed by atoms with Crippen LogP contribution in [0.25, 0.3) is 5.69 Å². The largest absolute Gasteiger partial charge is 0.322 e. The average Bonchev–Trinajstić information content (AvgIpc) is 2.78. The Balaban J connectivity index is 1.53. The van der Waals surface area contributed by atoms with Crippen molar-refractivity contribution in [1.29, 1.82) is 0 Å². The molecule has 0 aliphatic heterocycles. The summed E-state index contributed by atoms with van der Waals surface area (Å²) >= 11 is 7.37. The molecule has 1 aromatic heterocycles. The van der Waals surface area contributed by atoms with E-state index in [2.05, 4.69) is 10.4 Å². The molecule has 0 fully saturated rings. The van der Waals surface area contributed by atoms with Gasteiger partial charge in [0.25, 0.3) is 11.5 Å². The number of rotatable bonds is 5. The van der Waals surface area contributed by atoms with Crippen LogP contribution in [0.3, 0.4) is 0 Å². The molecule has 4 rings (SSSR count). The summed E-state index contributed by atoms with van der Waals surface area (Å²) in [6.07, 6.45) is 0. The molecule has 0 bridgehead atoms. The fraction of sp³-hybridized carbons (Fsp3) is 0.0800. The first-order valence-corrected chi connectivity index (χ1v) is 11.1. The van der Waals surface area contributed by atoms with Crippen molar-refractivity contribution >= 4 is 35.0 Å². The van der Waals surface area contributed by atoms with Crippen LogP contribution in [0.2, 0.25) is 5.02 Å². The van der Waals surface area contributed by atoms with E-state index in [4.69, 9.17) is 11.6 Å². The standard InChI is InChI=1S/C25H20ClN3O2S/c1-16-3-12-22(17(2)15-16)27-25(31)18-4-8-20(9-5-18)29-24(30)14-13-23(28-29)32-21-10-6-19(26)7-11-21/h3-15H,1-2H3,(H,27,31). The minimum atomic E-state index is -0.252. The zero-order valence-corrected chi connectivity index (χ0v) is 19.1.